The number of methoxy groups -OCH3 is 1. The number of benzene rings is 1. The van der Waals surface area contributed by atoms with Crippen LogP contribution in [0.15, 0.2) is 24.3 Å². The zero-order chi connectivity index (χ0) is 23.6. The summed E-state index contributed by atoms with van der Waals surface area (Å²) >= 11 is 0. The second kappa shape index (κ2) is 12.2. The van der Waals surface area contributed by atoms with E-state index in [2.05, 4.69) is 5.32 Å². The van der Waals surface area contributed by atoms with Crippen molar-refractivity contribution in [3.63, 3.8) is 0 Å². The number of esters is 4. The molecule has 0 aliphatic rings. The van der Waals surface area contributed by atoms with E-state index < -0.39 is 54.7 Å². The predicted molar refractivity (Wildman–Crippen MR) is 105 cm³/mol. The average molecular weight is 439 g/mol. The lowest BCUT2D eigenvalue weighted by molar-refractivity contribution is -0.190. The van der Waals surface area contributed by atoms with Crippen molar-refractivity contribution in [2.45, 2.75) is 46.0 Å². The fourth-order valence-electron chi connectivity index (χ4n) is 2.47. The number of amides is 1. The minimum absolute atomic E-state index is 0.327. The van der Waals surface area contributed by atoms with E-state index in [1.54, 1.807) is 12.1 Å². The van der Waals surface area contributed by atoms with Crippen LogP contribution in [0.2, 0.25) is 0 Å². The number of anilines is 1. The van der Waals surface area contributed by atoms with Crippen LogP contribution in [-0.4, -0.2) is 61.8 Å². The standard InChI is InChI=1S/C20H25NO10/c1-11(22)28-10-17(29-12(2)23)18(30-13(3)24)19(31-14(4)25)20(26)21-15-6-8-16(27-5)9-7-15/h6-9,17-19H,10H2,1-5H3,(H,21,26). The van der Waals surface area contributed by atoms with Crippen LogP contribution in [0.5, 0.6) is 5.75 Å². The van der Waals surface area contributed by atoms with Crippen LogP contribution in [0.25, 0.3) is 0 Å². The molecule has 0 bridgehead atoms. The summed E-state index contributed by atoms with van der Waals surface area (Å²) in [6.45, 7) is 3.75. The number of carbonyl (C=O) groups is 5. The van der Waals surface area contributed by atoms with Crippen molar-refractivity contribution in [3.8, 4) is 5.75 Å². The molecule has 1 aromatic rings. The molecule has 3 unspecified atom stereocenters. The summed E-state index contributed by atoms with van der Waals surface area (Å²) in [5, 5.41) is 2.51. The molecular formula is C20H25NO10. The van der Waals surface area contributed by atoms with Crippen molar-refractivity contribution in [1.29, 1.82) is 0 Å². The molecule has 0 saturated carbocycles. The Balaban J connectivity index is 3.25. The third kappa shape index (κ3) is 9.15. The molecule has 0 aliphatic heterocycles. The Morgan fingerprint density at radius 2 is 1.35 bits per heavy atom. The molecule has 1 N–H and O–H groups in total. The number of rotatable bonds is 10. The SMILES string of the molecule is COc1ccc(NC(=O)C(OC(C)=O)C(OC(C)=O)C(COC(C)=O)OC(C)=O)cc1. The third-order valence-electron chi connectivity index (χ3n) is 3.64. The van der Waals surface area contributed by atoms with Crippen LogP contribution in [-0.2, 0) is 42.9 Å². The summed E-state index contributed by atoms with van der Waals surface area (Å²) in [5.41, 5.74) is 0.327. The van der Waals surface area contributed by atoms with Crippen LogP contribution in [0, 0.1) is 0 Å². The van der Waals surface area contributed by atoms with Crippen LogP contribution in [0.3, 0.4) is 0 Å². The Kier molecular flexibility index (Phi) is 9.96. The molecule has 0 aliphatic carbocycles. The maximum absolute atomic E-state index is 12.9. The Labute approximate surface area is 178 Å². The molecule has 0 spiro atoms. The first-order chi connectivity index (χ1) is 14.5. The number of ether oxygens (including phenoxy) is 5. The Morgan fingerprint density at radius 1 is 0.806 bits per heavy atom. The first-order valence-electron chi connectivity index (χ1n) is 9.13. The van der Waals surface area contributed by atoms with Crippen LogP contribution < -0.4 is 10.1 Å². The van der Waals surface area contributed by atoms with Crippen molar-refractivity contribution >= 4 is 35.5 Å². The second-order valence-electron chi connectivity index (χ2n) is 6.27. The van der Waals surface area contributed by atoms with E-state index in [1.807, 2.05) is 0 Å². The maximum atomic E-state index is 12.9. The van der Waals surface area contributed by atoms with Crippen LogP contribution in [0.1, 0.15) is 27.7 Å². The van der Waals surface area contributed by atoms with Crippen molar-refractivity contribution in [1.82, 2.24) is 0 Å². The van der Waals surface area contributed by atoms with E-state index >= 15 is 0 Å². The minimum atomic E-state index is -1.72. The Morgan fingerprint density at radius 3 is 1.81 bits per heavy atom. The Hall–Kier alpha value is -3.63. The van der Waals surface area contributed by atoms with Crippen LogP contribution >= 0.6 is 0 Å². The van der Waals surface area contributed by atoms with E-state index in [1.165, 1.54) is 19.2 Å². The highest BCUT2D eigenvalue weighted by molar-refractivity contribution is 5.96. The minimum Gasteiger partial charge on any atom is -0.497 e. The average Bonchev–Trinajstić information content (AvgIpc) is 2.67. The molecule has 0 heterocycles. The summed E-state index contributed by atoms with van der Waals surface area (Å²) in [7, 11) is 1.48. The van der Waals surface area contributed by atoms with Gasteiger partial charge in [-0.3, -0.25) is 24.0 Å². The number of carbonyl (C=O) groups excluding carboxylic acids is 5. The van der Waals surface area contributed by atoms with Gasteiger partial charge in [-0.2, -0.15) is 0 Å². The summed E-state index contributed by atoms with van der Waals surface area (Å²) < 4.78 is 25.2. The van der Waals surface area contributed by atoms with Gasteiger partial charge < -0.3 is 29.0 Å². The van der Waals surface area contributed by atoms with Gasteiger partial charge >= 0.3 is 23.9 Å². The fraction of sp³-hybridized carbons (Fsp3) is 0.450. The van der Waals surface area contributed by atoms with Gasteiger partial charge in [-0.15, -0.1) is 0 Å². The summed E-state index contributed by atoms with van der Waals surface area (Å²) in [6.07, 6.45) is -4.73. The van der Waals surface area contributed by atoms with Gasteiger partial charge in [0.25, 0.3) is 5.91 Å². The Bertz CT molecular complexity index is 805. The van der Waals surface area contributed by atoms with Gasteiger partial charge in [0.2, 0.25) is 6.10 Å². The molecule has 0 saturated heterocycles. The lowest BCUT2D eigenvalue weighted by Crippen LogP contribution is -2.52. The summed E-state index contributed by atoms with van der Waals surface area (Å²) in [5.74, 6) is -3.53. The van der Waals surface area contributed by atoms with Gasteiger partial charge in [0.15, 0.2) is 12.2 Å². The second-order valence-corrected chi connectivity index (χ2v) is 6.27. The molecule has 1 amide bonds. The molecule has 1 aromatic carbocycles. The lowest BCUT2D eigenvalue weighted by Gasteiger charge is -2.30. The lowest BCUT2D eigenvalue weighted by atomic mass is 10.1. The largest absolute Gasteiger partial charge is 0.497 e. The van der Waals surface area contributed by atoms with Gasteiger partial charge in [-0.25, -0.2) is 0 Å². The van der Waals surface area contributed by atoms with Crippen molar-refractivity contribution in [2.24, 2.45) is 0 Å². The first-order valence-corrected chi connectivity index (χ1v) is 9.13. The highest BCUT2D eigenvalue weighted by atomic mass is 16.6. The highest BCUT2D eigenvalue weighted by Crippen LogP contribution is 2.19. The number of nitrogens with one attached hydrogen (secondary N) is 1. The van der Waals surface area contributed by atoms with E-state index in [0.29, 0.717) is 11.4 Å². The monoisotopic (exact) mass is 439 g/mol. The van der Waals surface area contributed by atoms with Gasteiger partial charge in [0, 0.05) is 33.4 Å². The molecule has 3 atom stereocenters. The third-order valence-corrected chi connectivity index (χ3v) is 3.64. The molecule has 11 heteroatoms. The van der Waals surface area contributed by atoms with Crippen molar-refractivity contribution in [2.75, 3.05) is 19.0 Å². The molecule has 11 nitrogen and oxygen atoms in total. The molecule has 0 aromatic heterocycles. The van der Waals surface area contributed by atoms with Gasteiger partial charge in [0.1, 0.15) is 12.4 Å². The smallest absolute Gasteiger partial charge is 0.303 e. The molecule has 31 heavy (non-hydrogen) atoms. The maximum Gasteiger partial charge on any atom is 0.303 e. The first kappa shape index (κ1) is 25.4. The molecule has 1 rings (SSSR count). The van der Waals surface area contributed by atoms with E-state index in [-0.39, 0.29) is 0 Å². The van der Waals surface area contributed by atoms with E-state index in [9.17, 15) is 24.0 Å². The number of hydrogen-bond donors (Lipinski definition) is 1. The van der Waals surface area contributed by atoms with Crippen molar-refractivity contribution in [3.05, 3.63) is 24.3 Å². The zero-order valence-corrected chi connectivity index (χ0v) is 17.8. The summed E-state index contributed by atoms with van der Waals surface area (Å²) in [6, 6.07) is 6.24. The van der Waals surface area contributed by atoms with Crippen LogP contribution in [0.4, 0.5) is 5.69 Å². The predicted octanol–water partition coefficient (Wildman–Crippen LogP) is 0.992. The summed E-state index contributed by atoms with van der Waals surface area (Å²) in [4.78, 5) is 58.9. The zero-order valence-electron chi connectivity index (χ0n) is 17.8. The normalized spacial score (nSPS) is 13.1. The van der Waals surface area contributed by atoms with Gasteiger partial charge in [-0.05, 0) is 24.3 Å². The fourth-order valence-corrected chi connectivity index (χ4v) is 2.47. The molecule has 0 radical (unpaired) electrons. The van der Waals surface area contributed by atoms with Gasteiger partial charge in [-0.1, -0.05) is 0 Å². The quantitative estimate of drug-likeness (QED) is 0.414. The highest BCUT2D eigenvalue weighted by Gasteiger charge is 2.42. The number of hydrogen-bond acceptors (Lipinski definition) is 10. The van der Waals surface area contributed by atoms with Gasteiger partial charge in [0.05, 0.1) is 7.11 Å². The van der Waals surface area contributed by atoms with E-state index in [4.69, 9.17) is 23.7 Å². The molecule has 170 valence electrons. The topological polar surface area (TPSA) is 144 Å². The molecular weight excluding hydrogens is 414 g/mol. The van der Waals surface area contributed by atoms with Crippen molar-refractivity contribution < 1.29 is 47.7 Å². The molecule has 0 fully saturated rings. The van der Waals surface area contributed by atoms with E-state index in [0.717, 1.165) is 27.7 Å².